The smallest absolute Gasteiger partial charge is 0.0621 e. The van der Waals surface area contributed by atoms with Crippen LogP contribution >= 0.6 is 12.9 Å². The van der Waals surface area contributed by atoms with Crippen LogP contribution in [0, 0.1) is 11.3 Å². The molecule has 46 valence electrons. The van der Waals surface area contributed by atoms with E-state index in [-0.39, 0.29) is 0 Å². The topological polar surface area (TPSA) is 33.0 Å². The van der Waals surface area contributed by atoms with Crippen LogP contribution in [0.4, 0.5) is 0 Å². The van der Waals surface area contributed by atoms with Crippen LogP contribution < -0.4 is 0 Å². The van der Waals surface area contributed by atoms with Crippen molar-refractivity contribution in [3.05, 3.63) is 0 Å². The van der Waals surface area contributed by atoms with Gasteiger partial charge in [0.05, 0.1) is 12.7 Å². The average Bonchev–Trinajstić information content (AvgIpc) is 1.81. The molecule has 0 aromatic carbocycles. The van der Waals surface area contributed by atoms with Gasteiger partial charge in [0.1, 0.15) is 0 Å². The zero-order valence-electron chi connectivity index (χ0n) is 4.63. The van der Waals surface area contributed by atoms with Gasteiger partial charge in [0.25, 0.3) is 0 Å². The maximum Gasteiger partial charge on any atom is 0.0621 e. The molecule has 0 radical (unpaired) electrons. The Hall–Kier alpha value is -0.200. The van der Waals surface area contributed by atoms with Gasteiger partial charge in [0.15, 0.2) is 0 Å². The van der Waals surface area contributed by atoms with Crippen molar-refractivity contribution >= 4 is 12.9 Å². The van der Waals surface area contributed by atoms with Gasteiger partial charge in [0, 0.05) is 6.42 Å². The fraction of sp³-hybridized carbons (Fsp3) is 0.800. The van der Waals surface area contributed by atoms with Crippen LogP contribution in [0.1, 0.15) is 19.3 Å². The monoisotopic (exact) mass is 131 g/mol. The molecule has 3 heteroatoms. The van der Waals surface area contributed by atoms with Crippen molar-refractivity contribution in [1.29, 1.82) is 5.26 Å². The first-order valence-corrected chi connectivity index (χ1v) is 2.91. The van der Waals surface area contributed by atoms with Crippen molar-refractivity contribution in [2.75, 3.05) is 6.61 Å². The lowest BCUT2D eigenvalue weighted by atomic mass is 10.3. The molecule has 0 saturated carbocycles. The highest BCUT2D eigenvalue weighted by Gasteiger charge is 1.83. The molecule has 0 spiro atoms. The molecule has 0 N–H and O–H groups in total. The van der Waals surface area contributed by atoms with Crippen LogP contribution in [0.5, 0.6) is 0 Å². The minimum absolute atomic E-state index is 0.622. The van der Waals surface area contributed by atoms with E-state index in [0.717, 1.165) is 12.8 Å². The van der Waals surface area contributed by atoms with Gasteiger partial charge < -0.3 is 4.18 Å². The van der Waals surface area contributed by atoms with E-state index in [1.165, 1.54) is 0 Å². The number of nitrogens with zero attached hydrogens (tertiary/aromatic N) is 1. The predicted octanol–water partition coefficient (Wildman–Crippen LogP) is 1.54. The van der Waals surface area contributed by atoms with Crippen molar-refractivity contribution in [3.63, 3.8) is 0 Å². The van der Waals surface area contributed by atoms with E-state index in [9.17, 15) is 0 Å². The first kappa shape index (κ1) is 7.80. The Morgan fingerprint density at radius 2 is 2.25 bits per heavy atom. The summed E-state index contributed by atoms with van der Waals surface area (Å²) in [7, 11) is 0. The van der Waals surface area contributed by atoms with E-state index in [4.69, 9.17) is 5.26 Å². The van der Waals surface area contributed by atoms with Gasteiger partial charge in [-0.15, -0.1) is 0 Å². The summed E-state index contributed by atoms with van der Waals surface area (Å²) in [4.78, 5) is 0. The number of nitriles is 1. The van der Waals surface area contributed by atoms with Crippen LogP contribution in [0.15, 0.2) is 0 Å². The molecule has 0 bridgehead atoms. The van der Waals surface area contributed by atoms with Crippen molar-refractivity contribution < 1.29 is 4.18 Å². The van der Waals surface area contributed by atoms with Crippen LogP contribution in [0.25, 0.3) is 0 Å². The summed E-state index contributed by atoms with van der Waals surface area (Å²) >= 11 is 3.54. The summed E-state index contributed by atoms with van der Waals surface area (Å²) in [6, 6.07) is 2.05. The molecule has 0 unspecified atom stereocenters. The van der Waals surface area contributed by atoms with Gasteiger partial charge in [-0.1, -0.05) is 0 Å². The molecule has 0 aromatic heterocycles. The second kappa shape index (κ2) is 6.80. The van der Waals surface area contributed by atoms with E-state index in [1.54, 1.807) is 0 Å². The Morgan fingerprint density at radius 1 is 1.50 bits per heavy atom. The first-order chi connectivity index (χ1) is 3.91. The van der Waals surface area contributed by atoms with E-state index in [2.05, 4.69) is 17.1 Å². The number of hydrogen-bond donors (Lipinski definition) is 1. The second-order valence-electron chi connectivity index (χ2n) is 1.45. The molecule has 0 aliphatic carbocycles. The molecular formula is C5H9NOS. The van der Waals surface area contributed by atoms with E-state index in [1.807, 2.05) is 6.07 Å². The Labute approximate surface area is 55.1 Å². The molecule has 0 aliphatic heterocycles. The molecule has 0 atom stereocenters. The van der Waals surface area contributed by atoms with Crippen LogP contribution in [-0.4, -0.2) is 6.61 Å². The molecule has 0 aliphatic rings. The van der Waals surface area contributed by atoms with Crippen molar-refractivity contribution in [1.82, 2.24) is 0 Å². The maximum atomic E-state index is 8.06. The zero-order chi connectivity index (χ0) is 6.24. The summed E-state index contributed by atoms with van der Waals surface area (Å²) in [5.41, 5.74) is 0. The number of hydrogen-bond acceptors (Lipinski definition) is 3. The zero-order valence-corrected chi connectivity index (χ0v) is 5.53. The van der Waals surface area contributed by atoms with Crippen molar-refractivity contribution in [2.24, 2.45) is 0 Å². The summed E-state index contributed by atoms with van der Waals surface area (Å²) < 4.78 is 4.47. The fourth-order valence-corrected chi connectivity index (χ4v) is 0.500. The predicted molar refractivity (Wildman–Crippen MR) is 34.4 cm³/mol. The molecule has 0 fully saturated rings. The Kier molecular flexibility index (Phi) is 6.63. The minimum atomic E-state index is 0.622. The van der Waals surface area contributed by atoms with E-state index >= 15 is 0 Å². The summed E-state index contributed by atoms with van der Waals surface area (Å²) in [6.45, 7) is 0.644. The quantitative estimate of drug-likeness (QED) is 0.356. The lowest BCUT2D eigenvalue weighted by molar-refractivity contribution is 0.367. The average molecular weight is 131 g/mol. The van der Waals surface area contributed by atoms with Gasteiger partial charge in [0.2, 0.25) is 0 Å². The lowest BCUT2D eigenvalue weighted by Gasteiger charge is -1.90. The highest BCUT2D eigenvalue weighted by Crippen LogP contribution is 1.94. The van der Waals surface area contributed by atoms with Gasteiger partial charge in [-0.05, 0) is 25.8 Å². The molecule has 0 aromatic rings. The molecule has 2 nitrogen and oxygen atoms in total. The van der Waals surface area contributed by atoms with Crippen LogP contribution in [0.2, 0.25) is 0 Å². The van der Waals surface area contributed by atoms with Gasteiger partial charge >= 0.3 is 0 Å². The van der Waals surface area contributed by atoms with Crippen LogP contribution in [-0.2, 0) is 4.18 Å². The Balaban J connectivity index is 2.65. The highest BCUT2D eigenvalue weighted by atomic mass is 32.1. The maximum absolute atomic E-state index is 8.06. The molecule has 0 rings (SSSR count). The van der Waals surface area contributed by atoms with Gasteiger partial charge in [-0.2, -0.15) is 5.26 Å². The SMILES string of the molecule is N#CCCCCOS. The summed E-state index contributed by atoms with van der Waals surface area (Å²) in [5, 5.41) is 8.06. The number of rotatable bonds is 4. The minimum Gasteiger partial charge on any atom is -0.318 e. The summed E-state index contributed by atoms with van der Waals surface area (Å²) in [6.07, 6.45) is 2.46. The lowest BCUT2D eigenvalue weighted by Crippen LogP contribution is -1.82. The van der Waals surface area contributed by atoms with Crippen LogP contribution in [0.3, 0.4) is 0 Å². The number of unbranched alkanes of at least 4 members (excludes halogenated alkanes) is 2. The van der Waals surface area contributed by atoms with E-state index in [0.29, 0.717) is 13.0 Å². The molecule has 0 saturated heterocycles. The number of thiol groups is 1. The first-order valence-electron chi connectivity index (χ1n) is 2.55. The highest BCUT2D eigenvalue weighted by molar-refractivity contribution is 7.75. The standard InChI is InChI=1S/C5H9NOS/c6-4-2-1-3-5-7-8/h8H,1-3,5H2. The van der Waals surface area contributed by atoms with Crippen molar-refractivity contribution in [3.8, 4) is 6.07 Å². The van der Waals surface area contributed by atoms with Gasteiger partial charge in [-0.3, -0.25) is 0 Å². The third-order valence-electron chi connectivity index (χ3n) is 0.774. The fourth-order valence-electron chi connectivity index (χ4n) is 0.371. The Morgan fingerprint density at radius 3 is 2.75 bits per heavy atom. The third-order valence-corrected chi connectivity index (χ3v) is 0.957. The normalized spacial score (nSPS) is 8.50. The Bertz CT molecular complexity index is 79.0. The third kappa shape index (κ3) is 5.80. The molecule has 0 heterocycles. The molecule has 0 amide bonds. The molecular weight excluding hydrogens is 122 g/mol. The molecule has 8 heavy (non-hydrogen) atoms. The van der Waals surface area contributed by atoms with Gasteiger partial charge in [-0.25, -0.2) is 0 Å². The van der Waals surface area contributed by atoms with Crippen molar-refractivity contribution in [2.45, 2.75) is 19.3 Å². The summed E-state index contributed by atoms with van der Waals surface area (Å²) in [5.74, 6) is 0. The largest absolute Gasteiger partial charge is 0.318 e. The second-order valence-corrected chi connectivity index (χ2v) is 1.71. The van der Waals surface area contributed by atoms with E-state index < -0.39 is 0 Å².